The maximum absolute atomic E-state index is 4.59. The molecule has 2 aliphatic rings. The normalized spacial score (nSPS) is 20.0. The van der Waals surface area contributed by atoms with Crippen LogP contribution in [-0.4, -0.2) is 34.8 Å². The Morgan fingerprint density at radius 1 is 0.833 bits per heavy atom. The lowest BCUT2D eigenvalue weighted by Gasteiger charge is -2.46. The van der Waals surface area contributed by atoms with Crippen molar-refractivity contribution in [1.29, 1.82) is 0 Å². The van der Waals surface area contributed by atoms with Gasteiger partial charge in [0.2, 0.25) is 0 Å². The Labute approximate surface area is 185 Å². The van der Waals surface area contributed by atoms with E-state index in [1.54, 1.807) is 5.56 Å². The summed E-state index contributed by atoms with van der Waals surface area (Å²) in [6.45, 7) is 1.09. The van der Waals surface area contributed by atoms with Crippen molar-refractivity contribution in [3.63, 3.8) is 0 Å². The van der Waals surface area contributed by atoms with E-state index in [-0.39, 0.29) is 7.92 Å². The zero-order chi connectivity index (χ0) is 20.6. The predicted molar refractivity (Wildman–Crippen MR) is 130 cm³/mol. The Kier molecular flexibility index (Phi) is 8.35. The fourth-order valence-corrected chi connectivity index (χ4v) is 10.1. The van der Waals surface area contributed by atoms with Crippen molar-refractivity contribution in [1.82, 2.24) is 9.88 Å². The second-order valence-electron chi connectivity index (χ2n) is 9.37. The van der Waals surface area contributed by atoms with Crippen LogP contribution in [0.5, 0.6) is 0 Å². The molecule has 0 bridgehead atoms. The van der Waals surface area contributed by atoms with Crippen molar-refractivity contribution >= 4 is 7.92 Å². The first-order chi connectivity index (χ1) is 14.8. The van der Waals surface area contributed by atoms with E-state index in [1.807, 2.05) is 12.3 Å². The molecule has 3 heteroatoms. The van der Waals surface area contributed by atoms with Crippen LogP contribution in [0.25, 0.3) is 0 Å². The molecule has 0 saturated heterocycles. The van der Waals surface area contributed by atoms with Crippen LogP contribution >= 0.6 is 7.92 Å². The zero-order valence-electron chi connectivity index (χ0n) is 18.8. The highest BCUT2D eigenvalue weighted by molar-refractivity contribution is 7.59. The Morgan fingerprint density at radius 3 is 2.00 bits per heavy atom. The van der Waals surface area contributed by atoms with Crippen LogP contribution in [0.3, 0.4) is 0 Å². The first-order valence-corrected chi connectivity index (χ1v) is 13.8. The summed E-state index contributed by atoms with van der Waals surface area (Å²) in [5.74, 6) is 0.594. The van der Waals surface area contributed by atoms with Gasteiger partial charge >= 0.3 is 0 Å². The highest BCUT2D eigenvalue weighted by Crippen LogP contribution is 2.65. The summed E-state index contributed by atoms with van der Waals surface area (Å²) in [4.78, 5) is 7.29. The molecule has 162 valence electrons. The Morgan fingerprint density at radius 2 is 1.43 bits per heavy atom. The third-order valence-corrected chi connectivity index (χ3v) is 11.2. The zero-order valence-corrected chi connectivity index (χ0v) is 19.6. The van der Waals surface area contributed by atoms with Crippen LogP contribution in [0, 0.1) is 0 Å². The van der Waals surface area contributed by atoms with Gasteiger partial charge in [-0.05, 0) is 61.7 Å². The monoisotopic (exact) mass is 422 g/mol. The minimum Gasteiger partial charge on any atom is -0.295 e. The van der Waals surface area contributed by atoms with Gasteiger partial charge in [-0.25, -0.2) is 0 Å². The summed E-state index contributed by atoms with van der Waals surface area (Å²) in [5.41, 5.74) is 4.69. The van der Waals surface area contributed by atoms with Gasteiger partial charge in [-0.3, -0.25) is 9.88 Å². The molecule has 0 radical (unpaired) electrons. The molecular weight excluding hydrogens is 383 g/mol. The Bertz CT molecular complexity index is 705. The van der Waals surface area contributed by atoms with Crippen molar-refractivity contribution in [2.75, 3.05) is 13.6 Å². The van der Waals surface area contributed by atoms with E-state index >= 15 is 0 Å². The maximum Gasteiger partial charge on any atom is 0.0549 e. The largest absolute Gasteiger partial charge is 0.295 e. The number of rotatable bonds is 8. The average molecular weight is 423 g/mol. The molecule has 1 aromatic heterocycles. The molecule has 1 aromatic carbocycles. The Balaban J connectivity index is 1.60. The molecule has 2 nitrogen and oxygen atoms in total. The van der Waals surface area contributed by atoms with E-state index in [4.69, 9.17) is 0 Å². The van der Waals surface area contributed by atoms with Gasteiger partial charge in [0.15, 0.2) is 0 Å². The molecule has 30 heavy (non-hydrogen) atoms. The quantitative estimate of drug-likeness (QED) is 0.412. The number of likely N-dealkylation sites (N-methyl/N-ethyl adjacent to an activating group) is 1. The minimum absolute atomic E-state index is 0.0510. The molecule has 0 amide bonds. The van der Waals surface area contributed by atoms with E-state index in [2.05, 4.69) is 59.4 Å². The van der Waals surface area contributed by atoms with Crippen LogP contribution in [0.15, 0.2) is 54.7 Å². The van der Waals surface area contributed by atoms with E-state index in [9.17, 15) is 0 Å². The topological polar surface area (TPSA) is 16.1 Å². The lowest BCUT2D eigenvalue weighted by molar-refractivity contribution is 0.309. The lowest BCUT2D eigenvalue weighted by atomic mass is 9.99. The first-order valence-electron chi connectivity index (χ1n) is 12.3. The summed E-state index contributed by atoms with van der Waals surface area (Å²) in [6.07, 6.45) is 17.6. The summed E-state index contributed by atoms with van der Waals surface area (Å²) in [7, 11) is 2.34. The number of pyridine rings is 1. The van der Waals surface area contributed by atoms with Gasteiger partial charge < -0.3 is 0 Å². The van der Waals surface area contributed by atoms with Gasteiger partial charge in [-0.15, -0.1) is 0 Å². The number of aromatic nitrogens is 1. The third-order valence-electron chi connectivity index (χ3n) is 7.24. The summed E-state index contributed by atoms with van der Waals surface area (Å²) >= 11 is 0. The van der Waals surface area contributed by atoms with Crippen molar-refractivity contribution < 1.29 is 0 Å². The molecule has 2 saturated carbocycles. The van der Waals surface area contributed by atoms with E-state index in [0.29, 0.717) is 5.78 Å². The molecule has 0 spiro atoms. The standard InChI is InChI=1S/C27H39N2P/c1-29(22-20-24-15-11-12-21-28-24)27(23-13-5-2-6-14-23)30(25-16-7-3-8-17-25)26-18-9-4-10-19-26/h2,5-6,11-15,21,25-27H,3-4,7-10,16-20,22H2,1H3. The van der Waals surface area contributed by atoms with Gasteiger partial charge in [0.25, 0.3) is 0 Å². The van der Waals surface area contributed by atoms with Crippen LogP contribution < -0.4 is 0 Å². The van der Waals surface area contributed by atoms with Crippen molar-refractivity contribution in [2.45, 2.75) is 87.7 Å². The van der Waals surface area contributed by atoms with Crippen molar-refractivity contribution in [3.05, 3.63) is 66.0 Å². The highest BCUT2D eigenvalue weighted by atomic mass is 31.1. The second-order valence-corrected chi connectivity index (χ2v) is 12.2. The molecule has 1 unspecified atom stereocenters. The molecule has 0 aliphatic heterocycles. The van der Waals surface area contributed by atoms with E-state index in [1.165, 1.54) is 69.9 Å². The number of hydrogen-bond acceptors (Lipinski definition) is 2. The SMILES string of the molecule is CN(CCc1ccccn1)C(c1ccccc1)P(C1CCCCC1)C1CCCCC1. The summed E-state index contributed by atoms with van der Waals surface area (Å²) < 4.78 is 0. The fourth-order valence-electron chi connectivity index (χ4n) is 5.69. The molecule has 1 atom stereocenters. The van der Waals surface area contributed by atoms with Crippen molar-refractivity contribution in [3.8, 4) is 0 Å². The fraction of sp³-hybridized carbons (Fsp3) is 0.593. The highest BCUT2D eigenvalue weighted by Gasteiger charge is 2.38. The minimum atomic E-state index is -0.0510. The van der Waals surface area contributed by atoms with Gasteiger partial charge in [-0.2, -0.15) is 0 Å². The molecule has 2 fully saturated rings. The second kappa shape index (κ2) is 11.4. The smallest absolute Gasteiger partial charge is 0.0549 e. The Hall–Kier alpha value is -1.24. The van der Waals surface area contributed by atoms with Crippen molar-refractivity contribution in [2.24, 2.45) is 0 Å². The number of nitrogens with zero attached hydrogens (tertiary/aromatic N) is 2. The maximum atomic E-state index is 4.59. The van der Waals surface area contributed by atoms with Crippen LogP contribution in [-0.2, 0) is 6.42 Å². The molecule has 4 rings (SSSR count). The van der Waals surface area contributed by atoms with Gasteiger partial charge in [-0.1, -0.05) is 82.8 Å². The molecule has 2 aliphatic carbocycles. The van der Waals surface area contributed by atoms with Crippen LogP contribution in [0.4, 0.5) is 0 Å². The van der Waals surface area contributed by atoms with E-state index in [0.717, 1.165) is 24.3 Å². The first kappa shape index (κ1) is 22.0. The van der Waals surface area contributed by atoms with E-state index < -0.39 is 0 Å². The van der Waals surface area contributed by atoms with Crippen LogP contribution in [0.2, 0.25) is 0 Å². The average Bonchev–Trinajstić information content (AvgIpc) is 2.83. The summed E-state index contributed by atoms with van der Waals surface area (Å²) in [6, 6.07) is 17.8. The molecule has 0 N–H and O–H groups in total. The summed E-state index contributed by atoms with van der Waals surface area (Å²) in [5, 5.41) is 0. The molecular formula is C27H39N2P. The predicted octanol–water partition coefficient (Wildman–Crippen LogP) is 7.40. The van der Waals surface area contributed by atoms with Crippen LogP contribution in [0.1, 0.15) is 81.2 Å². The number of benzene rings is 1. The number of hydrogen-bond donors (Lipinski definition) is 0. The van der Waals surface area contributed by atoms with Gasteiger partial charge in [0, 0.05) is 24.9 Å². The lowest BCUT2D eigenvalue weighted by Crippen LogP contribution is -2.33. The molecule has 1 heterocycles. The molecule has 2 aromatic rings. The van der Waals surface area contributed by atoms with Gasteiger partial charge in [0.05, 0.1) is 5.78 Å². The third kappa shape index (κ3) is 5.71. The van der Waals surface area contributed by atoms with Gasteiger partial charge in [0.1, 0.15) is 0 Å².